The van der Waals surface area contributed by atoms with Gasteiger partial charge in [0.05, 0.1) is 22.4 Å². The topological polar surface area (TPSA) is 86.2 Å². The van der Waals surface area contributed by atoms with E-state index < -0.39 is 0 Å². The van der Waals surface area contributed by atoms with E-state index in [9.17, 15) is 5.11 Å². The first kappa shape index (κ1) is 22.5. The maximum atomic E-state index is 9.73. The fourth-order valence-electron chi connectivity index (χ4n) is 4.04. The minimum Gasteiger partial charge on any atom is -0.393 e. The SMILES string of the molecule is OC1CCN(Cc2cccc(Nc3nccc(-c4ccc(CNc5cccnc5)s4)n3)c2)CC1. The van der Waals surface area contributed by atoms with Gasteiger partial charge in [-0.2, -0.15) is 0 Å². The summed E-state index contributed by atoms with van der Waals surface area (Å²) in [5.41, 5.74) is 4.12. The van der Waals surface area contributed by atoms with E-state index in [1.807, 2.05) is 30.5 Å². The summed E-state index contributed by atoms with van der Waals surface area (Å²) in [4.78, 5) is 18.0. The molecule has 8 heteroatoms. The van der Waals surface area contributed by atoms with Crippen LogP contribution in [-0.4, -0.2) is 44.2 Å². The minimum atomic E-state index is -0.148. The Bertz CT molecular complexity index is 1210. The van der Waals surface area contributed by atoms with Crippen molar-refractivity contribution in [1.29, 1.82) is 0 Å². The molecular weight excluding hydrogens is 444 g/mol. The highest BCUT2D eigenvalue weighted by Gasteiger charge is 2.17. The molecule has 3 aromatic heterocycles. The third kappa shape index (κ3) is 5.96. The molecule has 0 aliphatic carbocycles. The summed E-state index contributed by atoms with van der Waals surface area (Å²) in [5.74, 6) is 0.583. The van der Waals surface area contributed by atoms with Gasteiger partial charge in [-0.1, -0.05) is 12.1 Å². The normalized spacial score (nSPS) is 14.7. The van der Waals surface area contributed by atoms with Gasteiger partial charge in [0.2, 0.25) is 5.95 Å². The number of aromatic nitrogens is 3. The summed E-state index contributed by atoms with van der Waals surface area (Å²) >= 11 is 1.72. The summed E-state index contributed by atoms with van der Waals surface area (Å²) in [6.45, 7) is 3.50. The summed E-state index contributed by atoms with van der Waals surface area (Å²) in [6.07, 6.45) is 6.94. The Kier molecular flexibility index (Phi) is 7.09. The van der Waals surface area contributed by atoms with Crippen LogP contribution in [0.5, 0.6) is 0 Å². The lowest BCUT2D eigenvalue weighted by Crippen LogP contribution is -2.35. The average molecular weight is 473 g/mol. The Hall–Kier alpha value is -3.33. The zero-order valence-corrected chi connectivity index (χ0v) is 19.7. The number of rotatable bonds is 8. The van der Waals surface area contributed by atoms with Gasteiger partial charge in [0.15, 0.2) is 0 Å². The van der Waals surface area contributed by atoms with Crippen molar-refractivity contribution in [2.24, 2.45) is 0 Å². The lowest BCUT2D eigenvalue weighted by Gasteiger charge is -2.29. The van der Waals surface area contributed by atoms with Gasteiger partial charge in [0, 0.05) is 55.3 Å². The van der Waals surface area contributed by atoms with E-state index in [1.54, 1.807) is 23.7 Å². The highest BCUT2D eigenvalue weighted by Crippen LogP contribution is 2.28. The molecule has 1 aromatic carbocycles. The highest BCUT2D eigenvalue weighted by molar-refractivity contribution is 7.15. The maximum Gasteiger partial charge on any atom is 0.227 e. The van der Waals surface area contributed by atoms with Gasteiger partial charge in [0.25, 0.3) is 0 Å². The molecule has 0 amide bonds. The van der Waals surface area contributed by atoms with E-state index in [2.05, 4.69) is 55.8 Å². The van der Waals surface area contributed by atoms with Gasteiger partial charge < -0.3 is 15.7 Å². The van der Waals surface area contributed by atoms with Crippen molar-refractivity contribution in [3.05, 3.63) is 83.6 Å². The van der Waals surface area contributed by atoms with Gasteiger partial charge in [-0.15, -0.1) is 11.3 Å². The number of piperidine rings is 1. The number of anilines is 3. The van der Waals surface area contributed by atoms with Crippen LogP contribution in [-0.2, 0) is 13.1 Å². The van der Waals surface area contributed by atoms with Crippen LogP contribution >= 0.6 is 11.3 Å². The fraction of sp³-hybridized carbons (Fsp3) is 0.269. The summed E-state index contributed by atoms with van der Waals surface area (Å²) < 4.78 is 0. The lowest BCUT2D eigenvalue weighted by molar-refractivity contribution is 0.0792. The van der Waals surface area contributed by atoms with Crippen LogP contribution in [0.2, 0.25) is 0 Å². The largest absolute Gasteiger partial charge is 0.393 e. The number of thiophene rings is 1. The molecule has 0 saturated carbocycles. The molecule has 0 bridgehead atoms. The maximum absolute atomic E-state index is 9.73. The molecule has 0 unspecified atom stereocenters. The van der Waals surface area contributed by atoms with Crippen molar-refractivity contribution < 1.29 is 5.11 Å². The van der Waals surface area contributed by atoms with Crippen LogP contribution in [0.1, 0.15) is 23.3 Å². The van der Waals surface area contributed by atoms with E-state index in [0.29, 0.717) is 5.95 Å². The van der Waals surface area contributed by atoms with Gasteiger partial charge in [-0.05, 0) is 60.9 Å². The third-order valence-corrected chi connectivity index (χ3v) is 6.95. The lowest BCUT2D eigenvalue weighted by atomic mass is 10.1. The Morgan fingerprint density at radius 2 is 1.88 bits per heavy atom. The molecule has 4 aromatic rings. The van der Waals surface area contributed by atoms with Crippen LogP contribution in [0.25, 0.3) is 10.6 Å². The average Bonchev–Trinajstić information content (AvgIpc) is 3.35. The molecule has 34 heavy (non-hydrogen) atoms. The molecule has 1 aliphatic heterocycles. The van der Waals surface area contributed by atoms with Crippen LogP contribution in [0.15, 0.2) is 73.2 Å². The first-order chi connectivity index (χ1) is 16.7. The molecule has 1 saturated heterocycles. The zero-order chi connectivity index (χ0) is 23.2. The van der Waals surface area contributed by atoms with E-state index in [4.69, 9.17) is 4.98 Å². The van der Waals surface area contributed by atoms with E-state index >= 15 is 0 Å². The van der Waals surface area contributed by atoms with E-state index in [0.717, 1.165) is 61.0 Å². The molecule has 4 heterocycles. The molecule has 0 spiro atoms. The Morgan fingerprint density at radius 1 is 1.00 bits per heavy atom. The first-order valence-electron chi connectivity index (χ1n) is 11.5. The molecule has 7 nitrogen and oxygen atoms in total. The zero-order valence-electron chi connectivity index (χ0n) is 18.9. The van der Waals surface area contributed by atoms with Gasteiger partial charge in [-0.25, -0.2) is 9.97 Å². The van der Waals surface area contributed by atoms with Crippen LogP contribution in [0.3, 0.4) is 0 Å². The number of hydrogen-bond donors (Lipinski definition) is 3. The quantitative estimate of drug-likeness (QED) is 0.336. The van der Waals surface area contributed by atoms with Crippen molar-refractivity contribution in [2.75, 3.05) is 23.7 Å². The predicted molar refractivity (Wildman–Crippen MR) is 137 cm³/mol. The van der Waals surface area contributed by atoms with E-state index in [-0.39, 0.29) is 6.10 Å². The second-order valence-electron chi connectivity index (χ2n) is 8.46. The van der Waals surface area contributed by atoms with Crippen LogP contribution in [0, 0.1) is 0 Å². The van der Waals surface area contributed by atoms with Crippen molar-refractivity contribution >= 4 is 28.7 Å². The van der Waals surface area contributed by atoms with Crippen molar-refractivity contribution in [2.45, 2.75) is 32.0 Å². The highest BCUT2D eigenvalue weighted by atomic mass is 32.1. The molecule has 0 radical (unpaired) electrons. The fourth-order valence-corrected chi connectivity index (χ4v) is 4.95. The minimum absolute atomic E-state index is 0.148. The first-order valence-corrected chi connectivity index (χ1v) is 12.4. The van der Waals surface area contributed by atoms with Crippen LogP contribution < -0.4 is 10.6 Å². The second-order valence-corrected chi connectivity index (χ2v) is 9.63. The third-order valence-electron chi connectivity index (χ3n) is 5.84. The number of likely N-dealkylation sites (tertiary alicyclic amines) is 1. The van der Waals surface area contributed by atoms with Crippen molar-refractivity contribution in [1.82, 2.24) is 19.9 Å². The second kappa shape index (κ2) is 10.7. The standard InChI is InChI=1S/C26H28N6OS/c33-22-9-13-32(14-10-22)18-19-3-1-4-20(15-19)30-26-28-12-8-24(31-26)25-7-6-23(34-25)17-29-21-5-2-11-27-16-21/h1-8,11-12,15-16,22,29,33H,9-10,13-14,17-18H2,(H,28,30,31). The van der Waals surface area contributed by atoms with E-state index in [1.165, 1.54) is 10.4 Å². The van der Waals surface area contributed by atoms with Gasteiger partial charge in [0.1, 0.15) is 0 Å². The number of aliphatic hydroxyl groups excluding tert-OH is 1. The number of pyridine rings is 1. The number of hydrogen-bond acceptors (Lipinski definition) is 8. The number of benzene rings is 1. The Balaban J connectivity index is 1.22. The number of aliphatic hydroxyl groups is 1. The predicted octanol–water partition coefficient (Wildman–Crippen LogP) is 4.91. The smallest absolute Gasteiger partial charge is 0.227 e. The summed E-state index contributed by atoms with van der Waals surface area (Å²) in [5, 5.41) is 16.5. The number of nitrogens with zero attached hydrogens (tertiary/aromatic N) is 4. The molecule has 1 aliphatic rings. The number of nitrogens with one attached hydrogen (secondary N) is 2. The van der Waals surface area contributed by atoms with Crippen molar-refractivity contribution in [3.63, 3.8) is 0 Å². The molecular formula is C26H28N6OS. The Morgan fingerprint density at radius 3 is 2.74 bits per heavy atom. The summed E-state index contributed by atoms with van der Waals surface area (Å²) in [7, 11) is 0. The van der Waals surface area contributed by atoms with Crippen molar-refractivity contribution in [3.8, 4) is 10.6 Å². The molecule has 0 atom stereocenters. The molecule has 1 fully saturated rings. The van der Waals surface area contributed by atoms with Gasteiger partial charge in [-0.3, -0.25) is 9.88 Å². The van der Waals surface area contributed by atoms with Crippen LogP contribution in [0.4, 0.5) is 17.3 Å². The molecule has 174 valence electrons. The molecule has 5 rings (SSSR count). The monoisotopic (exact) mass is 472 g/mol. The molecule has 3 N–H and O–H groups in total. The Labute approximate surface area is 203 Å². The van der Waals surface area contributed by atoms with Gasteiger partial charge >= 0.3 is 0 Å². The summed E-state index contributed by atoms with van der Waals surface area (Å²) in [6, 6.07) is 18.5.